The number of carboxylic acids is 1. The predicted octanol–water partition coefficient (Wildman–Crippen LogP) is 1.23. The van der Waals surface area contributed by atoms with E-state index in [2.05, 4.69) is 0 Å². The maximum Gasteiger partial charge on any atom is 0.410 e. The summed E-state index contributed by atoms with van der Waals surface area (Å²) in [6, 6.07) is 8.20. The lowest BCUT2D eigenvalue weighted by Crippen LogP contribution is -2.52. The van der Waals surface area contributed by atoms with Gasteiger partial charge in [0.25, 0.3) is 0 Å². The first kappa shape index (κ1) is 14.3. The summed E-state index contributed by atoms with van der Waals surface area (Å²) in [5.74, 6) is -1.08. The third-order valence-corrected chi connectivity index (χ3v) is 3.28. The fraction of sp³-hybridized carbons (Fsp3) is 0.429. The van der Waals surface area contributed by atoms with Crippen LogP contribution in [0.1, 0.15) is 18.4 Å². The molecule has 0 spiro atoms. The van der Waals surface area contributed by atoms with Crippen molar-refractivity contribution in [3.05, 3.63) is 35.9 Å². The van der Waals surface area contributed by atoms with Gasteiger partial charge >= 0.3 is 12.1 Å². The van der Waals surface area contributed by atoms with Crippen LogP contribution in [0.2, 0.25) is 0 Å². The highest BCUT2D eigenvalue weighted by atomic mass is 16.6. The highest BCUT2D eigenvalue weighted by molar-refractivity contribution is 5.80. The molecule has 1 saturated heterocycles. The van der Waals surface area contributed by atoms with Crippen molar-refractivity contribution in [2.75, 3.05) is 6.54 Å². The fourth-order valence-corrected chi connectivity index (χ4v) is 2.21. The number of carbonyl (C=O) groups is 2. The summed E-state index contributed by atoms with van der Waals surface area (Å²) < 4.78 is 5.11. The SMILES string of the molecule is O=C(O)[C@@H]1CC[C@H](O)CN1C(=O)OCc1ccccc1. The van der Waals surface area contributed by atoms with E-state index in [0.29, 0.717) is 6.42 Å². The van der Waals surface area contributed by atoms with Crippen LogP contribution in [0.3, 0.4) is 0 Å². The molecule has 1 aromatic rings. The van der Waals surface area contributed by atoms with E-state index in [9.17, 15) is 14.7 Å². The van der Waals surface area contributed by atoms with Crippen LogP contribution in [0.5, 0.6) is 0 Å². The van der Waals surface area contributed by atoms with Gasteiger partial charge in [0.05, 0.1) is 12.6 Å². The maximum absolute atomic E-state index is 12.0. The number of amides is 1. The minimum absolute atomic E-state index is 0.00934. The summed E-state index contributed by atoms with van der Waals surface area (Å²) in [6.45, 7) is 0.0726. The molecular weight excluding hydrogens is 262 g/mol. The molecule has 2 rings (SSSR count). The molecule has 0 radical (unpaired) electrons. The molecule has 0 unspecified atom stereocenters. The van der Waals surface area contributed by atoms with Crippen LogP contribution >= 0.6 is 0 Å². The van der Waals surface area contributed by atoms with Gasteiger partial charge in [0.2, 0.25) is 0 Å². The number of carboxylic acid groups (broad SMARTS) is 1. The summed E-state index contributed by atoms with van der Waals surface area (Å²) in [4.78, 5) is 24.2. The molecule has 0 aliphatic carbocycles. The molecule has 1 aliphatic heterocycles. The third kappa shape index (κ3) is 3.48. The summed E-state index contributed by atoms with van der Waals surface area (Å²) in [5, 5.41) is 18.7. The van der Waals surface area contributed by atoms with Crippen LogP contribution < -0.4 is 0 Å². The number of aliphatic carboxylic acids is 1. The smallest absolute Gasteiger partial charge is 0.410 e. The molecule has 1 fully saturated rings. The van der Waals surface area contributed by atoms with Gasteiger partial charge in [-0.25, -0.2) is 9.59 Å². The molecule has 1 aliphatic rings. The second kappa shape index (κ2) is 6.38. The number of rotatable bonds is 3. The van der Waals surface area contributed by atoms with E-state index in [0.717, 1.165) is 10.5 Å². The molecule has 1 heterocycles. The van der Waals surface area contributed by atoms with Gasteiger partial charge in [0.15, 0.2) is 0 Å². The van der Waals surface area contributed by atoms with E-state index in [1.807, 2.05) is 30.3 Å². The molecule has 6 heteroatoms. The third-order valence-electron chi connectivity index (χ3n) is 3.28. The molecular formula is C14H17NO5. The highest BCUT2D eigenvalue weighted by Crippen LogP contribution is 2.19. The lowest BCUT2D eigenvalue weighted by atomic mass is 10.0. The summed E-state index contributed by atoms with van der Waals surface area (Å²) in [5.41, 5.74) is 0.824. The first-order valence-electron chi connectivity index (χ1n) is 6.46. The van der Waals surface area contributed by atoms with Gasteiger partial charge in [-0.05, 0) is 18.4 Å². The Morgan fingerprint density at radius 3 is 2.60 bits per heavy atom. The number of hydrogen-bond donors (Lipinski definition) is 2. The van der Waals surface area contributed by atoms with Crippen molar-refractivity contribution in [3.63, 3.8) is 0 Å². The molecule has 108 valence electrons. The number of nitrogens with zero attached hydrogens (tertiary/aromatic N) is 1. The predicted molar refractivity (Wildman–Crippen MR) is 70.0 cm³/mol. The second-order valence-corrected chi connectivity index (χ2v) is 4.78. The molecule has 6 nitrogen and oxygen atoms in total. The van der Waals surface area contributed by atoms with Gasteiger partial charge in [-0.3, -0.25) is 4.90 Å². The Labute approximate surface area is 116 Å². The van der Waals surface area contributed by atoms with Crippen molar-refractivity contribution in [2.24, 2.45) is 0 Å². The lowest BCUT2D eigenvalue weighted by Gasteiger charge is -2.34. The average Bonchev–Trinajstić information content (AvgIpc) is 2.45. The standard InChI is InChI=1S/C14H17NO5/c16-11-6-7-12(13(17)18)15(8-11)14(19)20-9-10-4-2-1-3-5-10/h1-5,11-12,16H,6-9H2,(H,17,18)/t11-,12-/m0/s1. The van der Waals surface area contributed by atoms with Gasteiger partial charge in [0, 0.05) is 0 Å². The minimum atomic E-state index is -1.08. The molecule has 20 heavy (non-hydrogen) atoms. The number of hydrogen-bond acceptors (Lipinski definition) is 4. The summed E-state index contributed by atoms with van der Waals surface area (Å²) >= 11 is 0. The van der Waals surface area contributed by atoms with Gasteiger partial charge < -0.3 is 14.9 Å². The van der Waals surface area contributed by atoms with E-state index >= 15 is 0 Å². The van der Waals surface area contributed by atoms with Crippen molar-refractivity contribution in [1.29, 1.82) is 0 Å². The molecule has 1 amide bonds. The van der Waals surface area contributed by atoms with E-state index in [1.54, 1.807) is 0 Å². The van der Waals surface area contributed by atoms with E-state index in [-0.39, 0.29) is 19.6 Å². The Hall–Kier alpha value is -2.08. The number of carbonyl (C=O) groups excluding carboxylic acids is 1. The largest absolute Gasteiger partial charge is 0.480 e. The van der Waals surface area contributed by atoms with Gasteiger partial charge in [0.1, 0.15) is 12.6 Å². The zero-order chi connectivity index (χ0) is 14.5. The monoisotopic (exact) mass is 279 g/mol. The zero-order valence-electron chi connectivity index (χ0n) is 10.9. The van der Waals surface area contributed by atoms with Crippen LogP contribution in [0.15, 0.2) is 30.3 Å². The number of ether oxygens (including phenoxy) is 1. The van der Waals surface area contributed by atoms with Crippen LogP contribution in [-0.2, 0) is 16.1 Å². The van der Waals surface area contributed by atoms with Crippen molar-refractivity contribution in [2.45, 2.75) is 31.6 Å². The minimum Gasteiger partial charge on any atom is -0.480 e. The summed E-state index contributed by atoms with van der Waals surface area (Å²) in [6.07, 6.45) is -0.800. The van der Waals surface area contributed by atoms with Gasteiger partial charge in [-0.15, -0.1) is 0 Å². The average molecular weight is 279 g/mol. The Morgan fingerprint density at radius 2 is 1.95 bits per heavy atom. The van der Waals surface area contributed by atoms with Crippen LogP contribution in [0.4, 0.5) is 4.79 Å². The Bertz CT molecular complexity index is 476. The molecule has 0 saturated carbocycles. The normalized spacial score (nSPS) is 22.4. The Morgan fingerprint density at radius 1 is 1.25 bits per heavy atom. The lowest BCUT2D eigenvalue weighted by molar-refractivity contribution is -0.145. The van der Waals surface area contributed by atoms with E-state index in [4.69, 9.17) is 9.84 Å². The topological polar surface area (TPSA) is 87.1 Å². The fourth-order valence-electron chi connectivity index (χ4n) is 2.21. The molecule has 2 atom stereocenters. The van der Waals surface area contributed by atoms with Crippen molar-refractivity contribution in [1.82, 2.24) is 4.90 Å². The molecule has 1 aromatic carbocycles. The first-order valence-corrected chi connectivity index (χ1v) is 6.46. The van der Waals surface area contributed by atoms with Crippen LogP contribution in [0, 0.1) is 0 Å². The van der Waals surface area contributed by atoms with Crippen molar-refractivity contribution in [3.8, 4) is 0 Å². The van der Waals surface area contributed by atoms with Crippen LogP contribution in [-0.4, -0.2) is 45.9 Å². The van der Waals surface area contributed by atoms with Gasteiger partial charge in [-0.2, -0.15) is 0 Å². The van der Waals surface area contributed by atoms with Crippen molar-refractivity contribution < 1.29 is 24.5 Å². The Kier molecular flexibility index (Phi) is 4.57. The molecule has 0 bridgehead atoms. The Balaban J connectivity index is 1.97. The number of likely N-dealkylation sites (tertiary alicyclic amines) is 1. The van der Waals surface area contributed by atoms with E-state index < -0.39 is 24.2 Å². The number of aliphatic hydroxyl groups is 1. The highest BCUT2D eigenvalue weighted by Gasteiger charge is 2.36. The first-order chi connectivity index (χ1) is 9.58. The number of benzene rings is 1. The number of aliphatic hydroxyl groups excluding tert-OH is 1. The van der Waals surface area contributed by atoms with Crippen LogP contribution in [0.25, 0.3) is 0 Å². The maximum atomic E-state index is 12.0. The van der Waals surface area contributed by atoms with E-state index in [1.165, 1.54) is 0 Å². The molecule has 0 aromatic heterocycles. The number of piperidine rings is 1. The van der Waals surface area contributed by atoms with Gasteiger partial charge in [-0.1, -0.05) is 30.3 Å². The number of β-amino-alcohol motifs (C(OH)–C–C–N with tert-alkyl or cyclic N) is 1. The zero-order valence-corrected chi connectivity index (χ0v) is 10.9. The second-order valence-electron chi connectivity index (χ2n) is 4.78. The van der Waals surface area contributed by atoms with Crippen molar-refractivity contribution >= 4 is 12.1 Å². The quantitative estimate of drug-likeness (QED) is 0.869. The molecule has 2 N–H and O–H groups in total. The summed E-state index contributed by atoms with van der Waals surface area (Å²) in [7, 11) is 0.